The van der Waals surface area contributed by atoms with E-state index in [-0.39, 0.29) is 11.8 Å². The fourth-order valence-corrected chi connectivity index (χ4v) is 1.86. The molecule has 0 aliphatic heterocycles. The van der Waals surface area contributed by atoms with Gasteiger partial charge in [0.15, 0.2) is 0 Å². The first kappa shape index (κ1) is 11.0. The minimum Gasteiger partial charge on any atom is -0.399 e. The molecule has 16 heavy (non-hydrogen) atoms. The molecular weight excluding hydrogens is 200 g/mol. The molecule has 1 atom stereocenters. The lowest BCUT2D eigenvalue weighted by molar-refractivity contribution is -0.125. The third-order valence-electron chi connectivity index (χ3n) is 3.16. The van der Waals surface area contributed by atoms with E-state index in [4.69, 9.17) is 5.73 Å². The summed E-state index contributed by atoms with van der Waals surface area (Å²) in [5.41, 5.74) is 7.46. The summed E-state index contributed by atoms with van der Waals surface area (Å²) in [6.45, 7) is 2.58. The monoisotopic (exact) mass is 218 g/mol. The molecule has 0 radical (unpaired) electrons. The molecule has 1 aliphatic carbocycles. The molecule has 0 aromatic heterocycles. The van der Waals surface area contributed by atoms with Crippen LogP contribution in [0.15, 0.2) is 24.3 Å². The summed E-state index contributed by atoms with van der Waals surface area (Å²) in [4.78, 5) is 11.7. The van der Waals surface area contributed by atoms with Crippen LogP contribution in [0.3, 0.4) is 0 Å². The van der Waals surface area contributed by atoms with Gasteiger partial charge >= 0.3 is 0 Å². The number of rotatable bonds is 4. The van der Waals surface area contributed by atoms with E-state index in [0.29, 0.717) is 12.5 Å². The zero-order valence-corrected chi connectivity index (χ0v) is 9.57. The van der Waals surface area contributed by atoms with Crippen molar-refractivity contribution < 1.29 is 4.79 Å². The van der Waals surface area contributed by atoms with Crippen molar-refractivity contribution in [3.63, 3.8) is 0 Å². The second-order valence-corrected chi connectivity index (χ2v) is 4.59. The highest BCUT2D eigenvalue weighted by atomic mass is 16.1. The maximum atomic E-state index is 11.7. The predicted molar refractivity (Wildman–Crippen MR) is 64.6 cm³/mol. The molecular formula is C13H18N2O. The van der Waals surface area contributed by atoms with E-state index < -0.39 is 0 Å². The van der Waals surface area contributed by atoms with E-state index in [1.807, 2.05) is 31.2 Å². The highest BCUT2D eigenvalue weighted by Gasteiger charge is 2.32. The maximum absolute atomic E-state index is 11.7. The molecule has 3 heteroatoms. The summed E-state index contributed by atoms with van der Waals surface area (Å²) in [5, 5.41) is 2.95. The third-order valence-corrected chi connectivity index (χ3v) is 3.16. The highest BCUT2D eigenvalue weighted by Crippen LogP contribution is 2.36. The average molecular weight is 218 g/mol. The van der Waals surface area contributed by atoms with Crippen LogP contribution in [0.4, 0.5) is 5.69 Å². The number of benzene rings is 1. The Labute approximate surface area is 96.0 Å². The molecule has 0 saturated heterocycles. The third kappa shape index (κ3) is 2.75. The van der Waals surface area contributed by atoms with Gasteiger partial charge in [-0.3, -0.25) is 4.79 Å². The second kappa shape index (κ2) is 4.56. The van der Waals surface area contributed by atoms with Crippen LogP contribution in [-0.2, 0) is 11.3 Å². The number of amides is 1. The van der Waals surface area contributed by atoms with Crippen molar-refractivity contribution in [2.75, 3.05) is 5.73 Å². The second-order valence-electron chi connectivity index (χ2n) is 4.59. The molecule has 86 valence electrons. The van der Waals surface area contributed by atoms with Gasteiger partial charge in [-0.2, -0.15) is 0 Å². The van der Waals surface area contributed by atoms with E-state index in [9.17, 15) is 4.79 Å². The van der Waals surface area contributed by atoms with Crippen LogP contribution in [-0.4, -0.2) is 5.91 Å². The molecule has 0 bridgehead atoms. The maximum Gasteiger partial charge on any atom is 0.223 e. The van der Waals surface area contributed by atoms with Gasteiger partial charge < -0.3 is 11.1 Å². The van der Waals surface area contributed by atoms with Gasteiger partial charge in [-0.15, -0.1) is 0 Å². The molecule has 1 aromatic carbocycles. The Morgan fingerprint density at radius 2 is 2.31 bits per heavy atom. The lowest BCUT2D eigenvalue weighted by Gasteiger charge is -2.11. The quantitative estimate of drug-likeness (QED) is 0.759. The number of hydrogen-bond acceptors (Lipinski definition) is 2. The first-order valence-electron chi connectivity index (χ1n) is 5.79. The number of anilines is 1. The van der Waals surface area contributed by atoms with Gasteiger partial charge in [0.05, 0.1) is 0 Å². The van der Waals surface area contributed by atoms with Gasteiger partial charge in [0.25, 0.3) is 0 Å². The molecule has 0 spiro atoms. The highest BCUT2D eigenvalue weighted by molar-refractivity contribution is 5.78. The van der Waals surface area contributed by atoms with Gasteiger partial charge in [-0.25, -0.2) is 0 Å². The number of nitrogens with one attached hydrogen (secondary N) is 1. The van der Waals surface area contributed by atoms with Crippen molar-refractivity contribution in [2.24, 2.45) is 11.8 Å². The van der Waals surface area contributed by atoms with Crippen LogP contribution in [0.1, 0.15) is 25.3 Å². The van der Waals surface area contributed by atoms with Crippen molar-refractivity contribution in [1.29, 1.82) is 0 Å². The smallest absolute Gasteiger partial charge is 0.223 e. The molecule has 2 rings (SSSR count). The molecule has 3 nitrogen and oxygen atoms in total. The number of carbonyl (C=O) groups is 1. The van der Waals surface area contributed by atoms with Crippen molar-refractivity contribution in [2.45, 2.75) is 26.3 Å². The summed E-state index contributed by atoms with van der Waals surface area (Å²) < 4.78 is 0. The molecule has 1 fully saturated rings. The molecule has 1 amide bonds. The van der Waals surface area contributed by atoms with E-state index in [0.717, 1.165) is 11.3 Å². The van der Waals surface area contributed by atoms with Gasteiger partial charge in [0, 0.05) is 18.2 Å². The molecule has 1 unspecified atom stereocenters. The van der Waals surface area contributed by atoms with Crippen molar-refractivity contribution in [3.05, 3.63) is 29.8 Å². The van der Waals surface area contributed by atoms with Gasteiger partial charge in [-0.1, -0.05) is 19.1 Å². The number of nitrogens with two attached hydrogens (primary N) is 1. The summed E-state index contributed by atoms with van der Waals surface area (Å²) in [6.07, 6.45) is 2.40. The van der Waals surface area contributed by atoms with E-state index in [2.05, 4.69) is 5.32 Å². The average Bonchev–Trinajstić information content (AvgIpc) is 3.09. The Bertz CT molecular complexity index is 385. The lowest BCUT2D eigenvalue weighted by atomic mass is 10.1. The van der Waals surface area contributed by atoms with Crippen LogP contribution in [0.25, 0.3) is 0 Å². The first-order chi connectivity index (χ1) is 7.66. The fourth-order valence-electron chi connectivity index (χ4n) is 1.86. The van der Waals surface area contributed by atoms with Gasteiger partial charge in [0.2, 0.25) is 5.91 Å². The fraction of sp³-hybridized carbons (Fsp3) is 0.462. The zero-order valence-electron chi connectivity index (χ0n) is 9.57. The van der Waals surface area contributed by atoms with Crippen LogP contribution in [0.2, 0.25) is 0 Å². The Morgan fingerprint density at radius 1 is 1.56 bits per heavy atom. The summed E-state index contributed by atoms with van der Waals surface area (Å²) in [6, 6.07) is 7.61. The summed E-state index contributed by atoms with van der Waals surface area (Å²) in [5.74, 6) is 0.923. The SMILES string of the molecule is CC(C(=O)NCc1cccc(N)c1)C1CC1. The van der Waals surface area contributed by atoms with Crippen molar-refractivity contribution >= 4 is 11.6 Å². The van der Waals surface area contributed by atoms with E-state index >= 15 is 0 Å². The molecule has 1 saturated carbocycles. The number of hydrogen-bond donors (Lipinski definition) is 2. The zero-order chi connectivity index (χ0) is 11.5. The first-order valence-corrected chi connectivity index (χ1v) is 5.79. The number of nitrogen functional groups attached to an aromatic ring is 1. The minimum absolute atomic E-state index is 0.154. The lowest BCUT2D eigenvalue weighted by Crippen LogP contribution is -2.29. The largest absolute Gasteiger partial charge is 0.399 e. The standard InChI is InChI=1S/C13H18N2O/c1-9(11-5-6-11)13(16)15-8-10-3-2-4-12(14)7-10/h2-4,7,9,11H,5-6,8,14H2,1H3,(H,15,16). The van der Waals surface area contributed by atoms with Crippen LogP contribution in [0.5, 0.6) is 0 Å². The predicted octanol–water partition coefficient (Wildman–Crippen LogP) is 1.93. The minimum atomic E-state index is 0.154. The van der Waals surface area contributed by atoms with Gasteiger partial charge in [-0.05, 0) is 36.5 Å². The Morgan fingerprint density at radius 3 is 2.94 bits per heavy atom. The van der Waals surface area contributed by atoms with Crippen LogP contribution < -0.4 is 11.1 Å². The van der Waals surface area contributed by atoms with Crippen LogP contribution >= 0.6 is 0 Å². The van der Waals surface area contributed by atoms with E-state index in [1.165, 1.54) is 12.8 Å². The van der Waals surface area contributed by atoms with Crippen molar-refractivity contribution in [3.8, 4) is 0 Å². The normalized spacial score (nSPS) is 16.8. The van der Waals surface area contributed by atoms with Gasteiger partial charge in [0.1, 0.15) is 0 Å². The number of carbonyl (C=O) groups excluding carboxylic acids is 1. The Balaban J connectivity index is 1.84. The molecule has 3 N–H and O–H groups in total. The molecule has 1 aromatic rings. The Hall–Kier alpha value is -1.51. The van der Waals surface area contributed by atoms with E-state index in [1.54, 1.807) is 0 Å². The van der Waals surface area contributed by atoms with Crippen molar-refractivity contribution in [1.82, 2.24) is 5.32 Å². The topological polar surface area (TPSA) is 55.1 Å². The molecule has 1 aliphatic rings. The Kier molecular flexibility index (Phi) is 3.13. The molecule has 0 heterocycles. The summed E-state index contributed by atoms with van der Waals surface area (Å²) >= 11 is 0. The van der Waals surface area contributed by atoms with Crippen LogP contribution in [0, 0.1) is 11.8 Å². The summed E-state index contributed by atoms with van der Waals surface area (Å²) in [7, 11) is 0.